The molecule has 0 aromatic carbocycles. The van der Waals surface area contributed by atoms with Crippen LogP contribution in [-0.2, 0) is 14.3 Å². The molecule has 1 saturated heterocycles. The third kappa shape index (κ3) is 4.05. The molecule has 1 aliphatic heterocycles. The standard InChI is InChI=1S/C14H18N2O5S/c1-9(15-13(19)11-3-2-6-22-11)14(20)16-4-5-21-8-10(16)7-12(17)18/h2-3,6,9-10H,4-5,7-8H2,1H3,(H,15,19)(H,17,18). The molecular weight excluding hydrogens is 308 g/mol. The van der Waals surface area contributed by atoms with Crippen LogP contribution in [0.5, 0.6) is 0 Å². The van der Waals surface area contributed by atoms with Gasteiger partial charge in [0.25, 0.3) is 5.91 Å². The van der Waals surface area contributed by atoms with E-state index in [4.69, 9.17) is 9.84 Å². The lowest BCUT2D eigenvalue weighted by molar-refractivity contribution is -0.147. The number of ether oxygens (including phenoxy) is 1. The summed E-state index contributed by atoms with van der Waals surface area (Å²) in [6.07, 6.45) is -0.169. The Bertz CT molecular complexity index is 545. The summed E-state index contributed by atoms with van der Waals surface area (Å²) in [5, 5.41) is 13.3. The molecule has 0 saturated carbocycles. The number of rotatable bonds is 5. The Morgan fingerprint density at radius 3 is 2.95 bits per heavy atom. The second kappa shape index (κ2) is 7.37. The molecule has 2 amide bonds. The molecule has 0 bridgehead atoms. The number of carboxylic acids is 1. The Morgan fingerprint density at radius 2 is 2.32 bits per heavy atom. The summed E-state index contributed by atoms with van der Waals surface area (Å²) >= 11 is 1.29. The van der Waals surface area contributed by atoms with Gasteiger partial charge in [-0.1, -0.05) is 6.07 Å². The minimum atomic E-state index is -0.983. The van der Waals surface area contributed by atoms with Gasteiger partial charge in [-0.25, -0.2) is 0 Å². The first kappa shape index (κ1) is 16.4. The summed E-state index contributed by atoms with van der Waals surface area (Å²) in [4.78, 5) is 37.3. The van der Waals surface area contributed by atoms with E-state index in [-0.39, 0.29) is 24.8 Å². The van der Waals surface area contributed by atoms with Crippen molar-refractivity contribution in [2.75, 3.05) is 19.8 Å². The van der Waals surface area contributed by atoms with Crippen LogP contribution in [-0.4, -0.2) is 59.6 Å². The molecule has 2 atom stereocenters. The molecule has 0 radical (unpaired) electrons. The van der Waals surface area contributed by atoms with Gasteiger partial charge in [0.1, 0.15) is 6.04 Å². The molecule has 7 nitrogen and oxygen atoms in total. The zero-order valence-electron chi connectivity index (χ0n) is 12.2. The highest BCUT2D eigenvalue weighted by molar-refractivity contribution is 7.12. The highest BCUT2D eigenvalue weighted by Crippen LogP contribution is 2.13. The number of carbonyl (C=O) groups is 3. The van der Waals surface area contributed by atoms with Crippen LogP contribution in [0.1, 0.15) is 23.0 Å². The van der Waals surface area contributed by atoms with Gasteiger partial charge in [0.05, 0.1) is 30.6 Å². The van der Waals surface area contributed by atoms with Crippen molar-refractivity contribution in [3.05, 3.63) is 22.4 Å². The highest BCUT2D eigenvalue weighted by Gasteiger charge is 2.32. The van der Waals surface area contributed by atoms with Crippen LogP contribution < -0.4 is 5.32 Å². The van der Waals surface area contributed by atoms with E-state index in [0.29, 0.717) is 18.0 Å². The van der Waals surface area contributed by atoms with Gasteiger partial charge in [-0.2, -0.15) is 0 Å². The first-order valence-corrected chi connectivity index (χ1v) is 7.81. The molecule has 0 spiro atoms. The van der Waals surface area contributed by atoms with Gasteiger partial charge in [0, 0.05) is 6.54 Å². The highest BCUT2D eigenvalue weighted by atomic mass is 32.1. The van der Waals surface area contributed by atoms with Crippen LogP contribution >= 0.6 is 11.3 Å². The lowest BCUT2D eigenvalue weighted by Gasteiger charge is -2.36. The topological polar surface area (TPSA) is 95.9 Å². The third-order valence-electron chi connectivity index (χ3n) is 3.38. The van der Waals surface area contributed by atoms with E-state index < -0.39 is 18.1 Å². The zero-order chi connectivity index (χ0) is 16.1. The van der Waals surface area contributed by atoms with E-state index in [2.05, 4.69) is 5.32 Å². The number of carboxylic acid groups (broad SMARTS) is 1. The molecule has 22 heavy (non-hydrogen) atoms. The second-order valence-electron chi connectivity index (χ2n) is 5.03. The largest absolute Gasteiger partial charge is 0.481 e. The van der Waals surface area contributed by atoms with E-state index in [0.717, 1.165) is 0 Å². The van der Waals surface area contributed by atoms with Crippen molar-refractivity contribution in [2.45, 2.75) is 25.4 Å². The number of nitrogens with one attached hydrogen (secondary N) is 1. The molecule has 1 fully saturated rings. The van der Waals surface area contributed by atoms with Crippen LogP contribution in [0.25, 0.3) is 0 Å². The Balaban J connectivity index is 1.98. The summed E-state index contributed by atoms with van der Waals surface area (Å²) in [6.45, 7) is 2.49. The summed E-state index contributed by atoms with van der Waals surface area (Å²) in [5.74, 6) is -1.58. The summed E-state index contributed by atoms with van der Waals surface area (Å²) in [5.41, 5.74) is 0. The number of amides is 2. The van der Waals surface area contributed by atoms with Crippen LogP contribution in [0.3, 0.4) is 0 Å². The lowest BCUT2D eigenvalue weighted by atomic mass is 10.1. The van der Waals surface area contributed by atoms with Gasteiger partial charge in [-0.05, 0) is 18.4 Å². The Kier molecular flexibility index (Phi) is 5.51. The number of hydrogen-bond donors (Lipinski definition) is 2. The maximum Gasteiger partial charge on any atom is 0.305 e. The van der Waals surface area contributed by atoms with Gasteiger partial charge < -0.3 is 20.1 Å². The average Bonchev–Trinajstić information content (AvgIpc) is 3.00. The minimum absolute atomic E-state index is 0.169. The van der Waals surface area contributed by atoms with E-state index in [1.807, 2.05) is 0 Å². The molecule has 8 heteroatoms. The van der Waals surface area contributed by atoms with Crippen molar-refractivity contribution in [1.29, 1.82) is 0 Å². The molecule has 0 aliphatic carbocycles. The molecule has 1 aromatic rings. The van der Waals surface area contributed by atoms with Crippen molar-refractivity contribution in [3.8, 4) is 0 Å². The summed E-state index contributed by atoms with van der Waals surface area (Å²) < 4.78 is 5.24. The number of thiophene rings is 1. The number of nitrogens with zero attached hydrogens (tertiary/aromatic N) is 1. The second-order valence-corrected chi connectivity index (χ2v) is 5.98. The number of aliphatic carboxylic acids is 1. The lowest BCUT2D eigenvalue weighted by Crippen LogP contribution is -2.55. The summed E-state index contributed by atoms with van der Waals surface area (Å²) in [6, 6.07) is 2.22. The molecule has 2 N–H and O–H groups in total. The third-order valence-corrected chi connectivity index (χ3v) is 4.25. The fourth-order valence-corrected chi connectivity index (χ4v) is 2.93. The van der Waals surface area contributed by atoms with Gasteiger partial charge in [0.2, 0.25) is 5.91 Å². The molecule has 2 heterocycles. The van der Waals surface area contributed by atoms with Crippen molar-refractivity contribution in [1.82, 2.24) is 10.2 Å². The average molecular weight is 326 g/mol. The Labute approximate surface area is 131 Å². The fraction of sp³-hybridized carbons (Fsp3) is 0.500. The maximum atomic E-state index is 12.5. The smallest absolute Gasteiger partial charge is 0.305 e. The Hall–Kier alpha value is -1.93. The van der Waals surface area contributed by atoms with Crippen LogP contribution in [0.15, 0.2) is 17.5 Å². The maximum absolute atomic E-state index is 12.5. The molecular formula is C14H18N2O5S. The molecule has 2 unspecified atom stereocenters. The van der Waals surface area contributed by atoms with Crippen molar-refractivity contribution in [2.24, 2.45) is 0 Å². The first-order valence-electron chi connectivity index (χ1n) is 6.93. The van der Waals surface area contributed by atoms with E-state index in [1.165, 1.54) is 16.2 Å². The zero-order valence-corrected chi connectivity index (χ0v) is 13.0. The van der Waals surface area contributed by atoms with E-state index in [9.17, 15) is 14.4 Å². The van der Waals surface area contributed by atoms with Gasteiger partial charge in [0.15, 0.2) is 0 Å². The molecule has 2 rings (SSSR count). The predicted molar refractivity (Wildman–Crippen MR) is 79.8 cm³/mol. The van der Waals surface area contributed by atoms with E-state index in [1.54, 1.807) is 24.4 Å². The SMILES string of the molecule is CC(NC(=O)c1cccs1)C(=O)N1CCOCC1CC(=O)O. The van der Waals surface area contributed by atoms with Crippen LogP contribution in [0.4, 0.5) is 0 Å². The first-order chi connectivity index (χ1) is 10.5. The predicted octanol–water partition coefficient (Wildman–Crippen LogP) is 0.568. The van der Waals surface area contributed by atoms with Crippen molar-refractivity contribution >= 4 is 29.1 Å². The number of hydrogen-bond acceptors (Lipinski definition) is 5. The number of morpholine rings is 1. The van der Waals surface area contributed by atoms with Gasteiger partial charge >= 0.3 is 5.97 Å². The fourth-order valence-electron chi connectivity index (χ4n) is 2.30. The number of carbonyl (C=O) groups excluding carboxylic acids is 2. The van der Waals surface area contributed by atoms with Crippen LogP contribution in [0.2, 0.25) is 0 Å². The van der Waals surface area contributed by atoms with Crippen molar-refractivity contribution < 1.29 is 24.2 Å². The molecule has 1 aromatic heterocycles. The minimum Gasteiger partial charge on any atom is -0.481 e. The molecule has 120 valence electrons. The monoisotopic (exact) mass is 326 g/mol. The normalized spacial score (nSPS) is 19.5. The summed E-state index contributed by atoms with van der Waals surface area (Å²) in [7, 11) is 0. The molecule has 1 aliphatic rings. The van der Waals surface area contributed by atoms with E-state index >= 15 is 0 Å². The quantitative estimate of drug-likeness (QED) is 0.825. The van der Waals surface area contributed by atoms with Gasteiger partial charge in [-0.3, -0.25) is 14.4 Å². The van der Waals surface area contributed by atoms with Crippen molar-refractivity contribution in [3.63, 3.8) is 0 Å². The van der Waals surface area contributed by atoms with Crippen LogP contribution in [0, 0.1) is 0 Å². The van der Waals surface area contributed by atoms with Gasteiger partial charge in [-0.15, -0.1) is 11.3 Å². The Morgan fingerprint density at radius 1 is 1.55 bits per heavy atom.